The van der Waals surface area contributed by atoms with Gasteiger partial charge in [-0.2, -0.15) is 4.31 Å². The maximum atomic E-state index is 13.2. The molecule has 0 bridgehead atoms. The van der Waals surface area contributed by atoms with Crippen molar-refractivity contribution in [3.63, 3.8) is 0 Å². The lowest BCUT2D eigenvalue weighted by atomic mass is 10.0. The summed E-state index contributed by atoms with van der Waals surface area (Å²) >= 11 is 0. The highest BCUT2D eigenvalue weighted by Gasteiger charge is 2.29. The van der Waals surface area contributed by atoms with E-state index in [0.29, 0.717) is 25.2 Å². The molecule has 0 radical (unpaired) electrons. The van der Waals surface area contributed by atoms with Crippen LogP contribution >= 0.6 is 0 Å². The number of hydrogen-bond donors (Lipinski definition) is 1. The standard InChI is InChI=1S/C20H31N3O3S/c1-2-13-23(18-9-11-21-12-10-18)20(24)17-7-6-8-19(16-17)27(25,26)22-14-4-3-5-15-22/h6-8,16,18,21H,2-5,9-15H2,1H3. The molecule has 1 aromatic carbocycles. The fourth-order valence-corrected chi connectivity index (χ4v) is 5.58. The van der Waals surface area contributed by atoms with Gasteiger partial charge in [0, 0.05) is 31.2 Å². The molecule has 2 fully saturated rings. The van der Waals surface area contributed by atoms with Crippen LogP contribution in [0, 0.1) is 0 Å². The van der Waals surface area contributed by atoms with Crippen LogP contribution in [0.15, 0.2) is 29.2 Å². The Hall–Kier alpha value is -1.44. The van der Waals surface area contributed by atoms with Gasteiger partial charge in [-0.1, -0.05) is 19.4 Å². The number of hydrogen-bond acceptors (Lipinski definition) is 4. The van der Waals surface area contributed by atoms with Crippen LogP contribution in [0.2, 0.25) is 0 Å². The number of rotatable bonds is 6. The normalized spacial score (nSPS) is 19.7. The summed E-state index contributed by atoms with van der Waals surface area (Å²) in [7, 11) is -3.53. The van der Waals surface area contributed by atoms with Gasteiger partial charge in [-0.25, -0.2) is 8.42 Å². The van der Waals surface area contributed by atoms with E-state index < -0.39 is 10.0 Å². The van der Waals surface area contributed by atoms with E-state index in [9.17, 15) is 13.2 Å². The van der Waals surface area contributed by atoms with Crippen LogP contribution in [-0.4, -0.2) is 62.3 Å². The second-order valence-corrected chi connectivity index (χ2v) is 9.41. The molecule has 27 heavy (non-hydrogen) atoms. The Morgan fingerprint density at radius 2 is 1.89 bits per heavy atom. The molecule has 6 nitrogen and oxygen atoms in total. The first-order chi connectivity index (χ1) is 13.0. The molecular formula is C20H31N3O3S. The molecule has 1 aromatic rings. The predicted molar refractivity (Wildman–Crippen MR) is 106 cm³/mol. The molecule has 0 saturated carbocycles. The largest absolute Gasteiger partial charge is 0.336 e. The van der Waals surface area contributed by atoms with Crippen LogP contribution in [0.5, 0.6) is 0 Å². The number of nitrogens with zero attached hydrogens (tertiary/aromatic N) is 2. The first kappa shape index (κ1) is 20.3. The molecule has 1 N–H and O–H groups in total. The van der Waals surface area contributed by atoms with E-state index in [1.807, 2.05) is 4.90 Å². The smallest absolute Gasteiger partial charge is 0.254 e. The molecule has 0 atom stereocenters. The third-order valence-electron chi connectivity index (χ3n) is 5.51. The minimum atomic E-state index is -3.53. The fraction of sp³-hybridized carbons (Fsp3) is 0.650. The van der Waals surface area contributed by atoms with E-state index in [-0.39, 0.29) is 16.8 Å². The summed E-state index contributed by atoms with van der Waals surface area (Å²) in [6.07, 6.45) is 5.65. The molecule has 1 amide bonds. The summed E-state index contributed by atoms with van der Waals surface area (Å²) in [5.74, 6) is -0.0561. The monoisotopic (exact) mass is 393 g/mol. The van der Waals surface area contributed by atoms with Crippen molar-refractivity contribution >= 4 is 15.9 Å². The predicted octanol–water partition coefficient (Wildman–Crippen LogP) is 2.47. The average molecular weight is 394 g/mol. The van der Waals surface area contributed by atoms with Crippen LogP contribution in [0.1, 0.15) is 55.8 Å². The molecule has 2 saturated heterocycles. The summed E-state index contributed by atoms with van der Waals surface area (Å²) in [6, 6.07) is 6.82. The molecule has 2 aliphatic rings. The lowest BCUT2D eigenvalue weighted by Gasteiger charge is -2.34. The van der Waals surface area contributed by atoms with Crippen LogP contribution in [-0.2, 0) is 10.0 Å². The summed E-state index contributed by atoms with van der Waals surface area (Å²) < 4.78 is 27.5. The van der Waals surface area contributed by atoms with Crippen molar-refractivity contribution in [2.75, 3.05) is 32.7 Å². The highest BCUT2D eigenvalue weighted by Crippen LogP contribution is 2.23. The van der Waals surface area contributed by atoms with Crippen LogP contribution in [0.4, 0.5) is 0 Å². The summed E-state index contributed by atoms with van der Waals surface area (Å²) in [6.45, 7) is 5.74. The number of carbonyl (C=O) groups is 1. The quantitative estimate of drug-likeness (QED) is 0.806. The number of piperidine rings is 2. The lowest BCUT2D eigenvalue weighted by Crippen LogP contribution is -2.46. The number of amides is 1. The van der Waals surface area contributed by atoms with Crippen LogP contribution in [0.25, 0.3) is 0 Å². The van der Waals surface area contributed by atoms with Crippen molar-refractivity contribution in [2.45, 2.75) is 56.4 Å². The van der Waals surface area contributed by atoms with Gasteiger partial charge in [0.25, 0.3) is 5.91 Å². The zero-order chi connectivity index (χ0) is 19.3. The van der Waals surface area contributed by atoms with E-state index in [4.69, 9.17) is 0 Å². The molecule has 150 valence electrons. The van der Waals surface area contributed by atoms with E-state index in [2.05, 4.69) is 12.2 Å². The Morgan fingerprint density at radius 1 is 1.19 bits per heavy atom. The fourth-order valence-electron chi connectivity index (χ4n) is 4.02. The Balaban J connectivity index is 1.83. The molecule has 0 aliphatic carbocycles. The minimum Gasteiger partial charge on any atom is -0.336 e. The molecule has 0 aromatic heterocycles. The average Bonchev–Trinajstić information content (AvgIpc) is 2.73. The summed E-state index contributed by atoms with van der Waals surface area (Å²) in [4.78, 5) is 15.4. The van der Waals surface area contributed by atoms with Crippen molar-refractivity contribution in [3.8, 4) is 0 Å². The van der Waals surface area contributed by atoms with Crippen LogP contribution < -0.4 is 5.32 Å². The SMILES string of the molecule is CCCN(C(=O)c1cccc(S(=O)(=O)N2CCCCC2)c1)C1CCNCC1. The Kier molecular flexibility index (Phi) is 6.89. The van der Waals surface area contributed by atoms with Gasteiger partial charge in [-0.05, 0) is 63.4 Å². The van der Waals surface area contributed by atoms with Gasteiger partial charge in [-0.3, -0.25) is 4.79 Å². The van der Waals surface area contributed by atoms with Crippen molar-refractivity contribution < 1.29 is 13.2 Å². The highest BCUT2D eigenvalue weighted by molar-refractivity contribution is 7.89. The molecule has 2 aliphatic heterocycles. The zero-order valence-electron chi connectivity index (χ0n) is 16.2. The molecule has 0 unspecified atom stereocenters. The second-order valence-electron chi connectivity index (χ2n) is 7.47. The Bertz CT molecular complexity index is 739. The van der Waals surface area contributed by atoms with Crippen LogP contribution in [0.3, 0.4) is 0 Å². The van der Waals surface area contributed by atoms with Crippen molar-refractivity contribution in [3.05, 3.63) is 29.8 Å². The Morgan fingerprint density at radius 3 is 2.56 bits per heavy atom. The van der Waals surface area contributed by atoms with Gasteiger partial charge in [0.05, 0.1) is 4.90 Å². The number of carbonyl (C=O) groups excluding carboxylic acids is 1. The van der Waals surface area contributed by atoms with Gasteiger partial charge in [-0.15, -0.1) is 0 Å². The van der Waals surface area contributed by atoms with E-state index in [1.165, 1.54) is 0 Å². The molecule has 2 heterocycles. The summed E-state index contributed by atoms with van der Waals surface area (Å²) in [5, 5.41) is 3.33. The molecular weight excluding hydrogens is 362 g/mol. The number of nitrogens with one attached hydrogen (secondary N) is 1. The van der Waals surface area contributed by atoms with Crippen molar-refractivity contribution in [1.29, 1.82) is 0 Å². The highest BCUT2D eigenvalue weighted by atomic mass is 32.2. The van der Waals surface area contributed by atoms with Crippen molar-refractivity contribution in [2.24, 2.45) is 0 Å². The maximum absolute atomic E-state index is 13.2. The zero-order valence-corrected chi connectivity index (χ0v) is 17.0. The summed E-state index contributed by atoms with van der Waals surface area (Å²) in [5.41, 5.74) is 0.472. The van der Waals surface area contributed by atoms with E-state index >= 15 is 0 Å². The van der Waals surface area contributed by atoms with E-state index in [0.717, 1.165) is 51.6 Å². The molecule has 0 spiro atoms. The van der Waals surface area contributed by atoms with Gasteiger partial charge in [0.1, 0.15) is 0 Å². The van der Waals surface area contributed by atoms with Gasteiger partial charge in [0.2, 0.25) is 10.0 Å². The Labute approximate surface area is 163 Å². The van der Waals surface area contributed by atoms with E-state index in [1.54, 1.807) is 28.6 Å². The third kappa shape index (κ3) is 4.70. The molecule has 3 rings (SSSR count). The molecule has 7 heteroatoms. The minimum absolute atomic E-state index is 0.0561. The second kappa shape index (κ2) is 9.17. The number of sulfonamides is 1. The van der Waals surface area contributed by atoms with Gasteiger partial charge in [0.15, 0.2) is 0 Å². The maximum Gasteiger partial charge on any atom is 0.254 e. The van der Waals surface area contributed by atoms with Gasteiger partial charge >= 0.3 is 0 Å². The first-order valence-corrected chi connectivity index (χ1v) is 11.6. The van der Waals surface area contributed by atoms with Crippen molar-refractivity contribution in [1.82, 2.24) is 14.5 Å². The lowest BCUT2D eigenvalue weighted by molar-refractivity contribution is 0.0642. The third-order valence-corrected chi connectivity index (χ3v) is 7.40. The topological polar surface area (TPSA) is 69.7 Å². The number of benzene rings is 1. The first-order valence-electron chi connectivity index (χ1n) is 10.2. The van der Waals surface area contributed by atoms with Gasteiger partial charge < -0.3 is 10.2 Å².